The lowest BCUT2D eigenvalue weighted by Crippen LogP contribution is -2.10. The summed E-state index contributed by atoms with van der Waals surface area (Å²) in [4.78, 5) is 11.5. The minimum absolute atomic E-state index is 0.331. The molecule has 0 saturated carbocycles. The largest absolute Gasteiger partial charge is 0.469 e. The van der Waals surface area contributed by atoms with Crippen molar-refractivity contribution in [3.8, 4) is 11.1 Å². The first-order valence-corrected chi connectivity index (χ1v) is 6.68. The van der Waals surface area contributed by atoms with Crippen LogP contribution in [0, 0.1) is 0 Å². The van der Waals surface area contributed by atoms with Crippen molar-refractivity contribution in [1.82, 2.24) is 0 Å². The molecule has 1 atom stereocenters. The van der Waals surface area contributed by atoms with E-state index in [1.165, 1.54) is 19.2 Å². The number of alkyl halides is 3. The molecule has 0 N–H and O–H groups in total. The molecule has 0 amide bonds. The molecule has 2 rings (SSSR count). The van der Waals surface area contributed by atoms with Crippen LogP contribution in [-0.2, 0) is 15.7 Å². The number of carbonyl (C=O) groups is 1. The first-order chi connectivity index (χ1) is 10.3. The number of methoxy groups -OCH3 is 1. The normalized spacial score (nSPS) is 12.8. The summed E-state index contributed by atoms with van der Waals surface area (Å²) in [6.45, 7) is 1.74. The minimum atomic E-state index is -4.33. The van der Waals surface area contributed by atoms with Crippen LogP contribution < -0.4 is 0 Å². The Hall–Kier alpha value is -2.30. The van der Waals surface area contributed by atoms with E-state index >= 15 is 0 Å². The van der Waals surface area contributed by atoms with Crippen molar-refractivity contribution in [3.63, 3.8) is 0 Å². The monoisotopic (exact) mass is 308 g/mol. The number of hydrogen-bond donors (Lipinski definition) is 0. The van der Waals surface area contributed by atoms with E-state index in [1.54, 1.807) is 31.2 Å². The topological polar surface area (TPSA) is 26.3 Å². The van der Waals surface area contributed by atoms with Gasteiger partial charge >= 0.3 is 12.1 Å². The third kappa shape index (κ3) is 3.47. The number of hydrogen-bond acceptors (Lipinski definition) is 2. The Kier molecular flexibility index (Phi) is 4.54. The molecule has 116 valence electrons. The zero-order chi connectivity index (χ0) is 16.3. The number of ether oxygens (including phenoxy) is 1. The van der Waals surface area contributed by atoms with E-state index in [0.29, 0.717) is 5.56 Å². The number of benzene rings is 2. The quantitative estimate of drug-likeness (QED) is 0.772. The van der Waals surface area contributed by atoms with Gasteiger partial charge in [0.05, 0.1) is 18.6 Å². The summed E-state index contributed by atoms with van der Waals surface area (Å²) in [6.07, 6.45) is -4.33. The van der Waals surface area contributed by atoms with Gasteiger partial charge in [0.15, 0.2) is 0 Å². The smallest absolute Gasteiger partial charge is 0.416 e. The molecule has 0 aromatic heterocycles. The Morgan fingerprint density at radius 3 is 1.82 bits per heavy atom. The molecule has 1 unspecified atom stereocenters. The van der Waals surface area contributed by atoms with Crippen LogP contribution in [0.3, 0.4) is 0 Å². The number of rotatable bonds is 3. The van der Waals surface area contributed by atoms with Crippen molar-refractivity contribution in [2.24, 2.45) is 0 Å². The Balaban J connectivity index is 2.22. The Labute approximate surface area is 126 Å². The summed E-state index contributed by atoms with van der Waals surface area (Å²) >= 11 is 0. The fourth-order valence-electron chi connectivity index (χ4n) is 2.13. The van der Waals surface area contributed by atoms with Crippen molar-refractivity contribution in [1.29, 1.82) is 0 Å². The molecule has 0 aliphatic heterocycles. The standard InChI is InChI=1S/C17H15F3O2/c1-11(16(21)22-2)12-3-5-13(6-4-12)14-7-9-15(10-8-14)17(18,19)20/h3-11H,1-2H3. The molecule has 2 nitrogen and oxygen atoms in total. The predicted octanol–water partition coefficient (Wildman–Crippen LogP) is 4.65. The fraction of sp³-hybridized carbons (Fsp3) is 0.235. The molecule has 0 fully saturated rings. The lowest BCUT2D eigenvalue weighted by atomic mass is 9.97. The van der Waals surface area contributed by atoms with Crippen LogP contribution in [0.1, 0.15) is 24.0 Å². The summed E-state index contributed by atoms with van der Waals surface area (Å²) in [6, 6.07) is 12.1. The van der Waals surface area contributed by atoms with Crippen LogP contribution in [0.25, 0.3) is 11.1 Å². The van der Waals surface area contributed by atoms with Gasteiger partial charge in [0.2, 0.25) is 0 Å². The highest BCUT2D eigenvalue weighted by molar-refractivity contribution is 5.78. The maximum atomic E-state index is 12.5. The zero-order valence-corrected chi connectivity index (χ0v) is 12.1. The molecular weight excluding hydrogens is 293 g/mol. The molecule has 0 spiro atoms. The summed E-state index contributed by atoms with van der Waals surface area (Å²) in [5.74, 6) is -0.714. The fourth-order valence-corrected chi connectivity index (χ4v) is 2.13. The third-order valence-electron chi connectivity index (χ3n) is 3.51. The molecule has 0 bridgehead atoms. The molecule has 0 aliphatic carbocycles. The molecule has 0 saturated heterocycles. The summed E-state index contributed by atoms with van der Waals surface area (Å²) in [7, 11) is 1.33. The third-order valence-corrected chi connectivity index (χ3v) is 3.51. The number of halogens is 3. The number of carbonyl (C=O) groups excluding carboxylic acids is 1. The van der Waals surface area contributed by atoms with Crippen LogP contribution >= 0.6 is 0 Å². The van der Waals surface area contributed by atoms with Crippen molar-refractivity contribution < 1.29 is 22.7 Å². The van der Waals surface area contributed by atoms with Gasteiger partial charge in [-0.3, -0.25) is 4.79 Å². The second kappa shape index (κ2) is 6.22. The van der Waals surface area contributed by atoms with Crippen molar-refractivity contribution >= 4 is 5.97 Å². The molecule has 0 radical (unpaired) electrons. The molecule has 0 aliphatic rings. The van der Waals surface area contributed by atoms with E-state index in [9.17, 15) is 18.0 Å². The van der Waals surface area contributed by atoms with E-state index in [-0.39, 0.29) is 11.9 Å². The van der Waals surface area contributed by atoms with Gasteiger partial charge in [-0.15, -0.1) is 0 Å². The molecule has 0 heterocycles. The van der Waals surface area contributed by atoms with Gasteiger partial charge in [0.1, 0.15) is 0 Å². The lowest BCUT2D eigenvalue weighted by Gasteiger charge is -2.11. The predicted molar refractivity (Wildman–Crippen MR) is 77.3 cm³/mol. The average molecular weight is 308 g/mol. The van der Waals surface area contributed by atoms with E-state index in [2.05, 4.69) is 4.74 Å². The van der Waals surface area contributed by atoms with Crippen LogP contribution in [0.5, 0.6) is 0 Å². The van der Waals surface area contributed by atoms with E-state index in [1.807, 2.05) is 0 Å². The maximum absolute atomic E-state index is 12.5. The second-order valence-electron chi connectivity index (χ2n) is 4.94. The van der Waals surface area contributed by atoms with Crippen LogP contribution in [0.4, 0.5) is 13.2 Å². The minimum Gasteiger partial charge on any atom is -0.469 e. The molecule has 2 aromatic carbocycles. The van der Waals surface area contributed by atoms with Gasteiger partial charge in [0.25, 0.3) is 0 Å². The van der Waals surface area contributed by atoms with Gasteiger partial charge in [-0.05, 0) is 35.7 Å². The van der Waals surface area contributed by atoms with Crippen molar-refractivity contribution in [3.05, 3.63) is 59.7 Å². The van der Waals surface area contributed by atoms with Gasteiger partial charge in [-0.1, -0.05) is 36.4 Å². The Morgan fingerprint density at radius 1 is 0.955 bits per heavy atom. The van der Waals surface area contributed by atoms with Gasteiger partial charge < -0.3 is 4.74 Å². The van der Waals surface area contributed by atoms with Gasteiger partial charge in [-0.2, -0.15) is 13.2 Å². The summed E-state index contributed by atoms with van der Waals surface area (Å²) in [5, 5.41) is 0. The highest BCUT2D eigenvalue weighted by atomic mass is 19.4. The van der Waals surface area contributed by atoms with Crippen LogP contribution in [0.15, 0.2) is 48.5 Å². The summed E-state index contributed by atoms with van der Waals surface area (Å²) < 4.78 is 42.3. The Bertz CT molecular complexity index is 643. The number of esters is 1. The zero-order valence-electron chi connectivity index (χ0n) is 12.1. The van der Waals surface area contributed by atoms with Crippen molar-refractivity contribution in [2.75, 3.05) is 7.11 Å². The van der Waals surface area contributed by atoms with Crippen LogP contribution in [-0.4, -0.2) is 13.1 Å². The SMILES string of the molecule is COC(=O)C(C)c1ccc(-c2ccc(C(F)(F)F)cc2)cc1. The maximum Gasteiger partial charge on any atom is 0.416 e. The average Bonchev–Trinajstić information content (AvgIpc) is 2.53. The van der Waals surface area contributed by atoms with E-state index < -0.39 is 11.7 Å². The lowest BCUT2D eigenvalue weighted by molar-refractivity contribution is -0.142. The first-order valence-electron chi connectivity index (χ1n) is 6.68. The van der Waals surface area contributed by atoms with Gasteiger partial charge in [-0.25, -0.2) is 0 Å². The van der Waals surface area contributed by atoms with Gasteiger partial charge in [0, 0.05) is 0 Å². The first kappa shape index (κ1) is 16.1. The van der Waals surface area contributed by atoms with Crippen molar-refractivity contribution in [2.45, 2.75) is 19.0 Å². The van der Waals surface area contributed by atoms with E-state index in [4.69, 9.17) is 0 Å². The second-order valence-corrected chi connectivity index (χ2v) is 4.94. The van der Waals surface area contributed by atoms with Crippen LogP contribution in [0.2, 0.25) is 0 Å². The summed E-state index contributed by atoms with van der Waals surface area (Å²) in [5.41, 5.74) is 1.59. The highest BCUT2D eigenvalue weighted by Gasteiger charge is 2.29. The molecule has 5 heteroatoms. The molecule has 2 aromatic rings. The molecule has 22 heavy (non-hydrogen) atoms. The highest BCUT2D eigenvalue weighted by Crippen LogP contribution is 2.31. The Morgan fingerprint density at radius 2 is 1.41 bits per heavy atom. The van der Waals surface area contributed by atoms with E-state index in [0.717, 1.165) is 23.3 Å². The molecular formula is C17H15F3O2.